The number of hydrogen-bond acceptors (Lipinski definition) is 0. The molecule has 0 unspecified atom stereocenters. The lowest BCUT2D eigenvalue weighted by Crippen LogP contribution is -2.34. The molecule has 0 saturated heterocycles. The Kier molecular flexibility index (Phi) is 3.70. The molecule has 18 heavy (non-hydrogen) atoms. The van der Waals surface area contributed by atoms with Crippen LogP contribution in [-0.4, -0.2) is 0 Å². The normalized spacial score (nSPS) is 12.0. The van der Waals surface area contributed by atoms with Crippen molar-refractivity contribution in [3.63, 3.8) is 0 Å². The van der Waals surface area contributed by atoms with Crippen molar-refractivity contribution in [2.75, 3.05) is 0 Å². The van der Waals surface area contributed by atoms with Gasteiger partial charge in [0, 0.05) is 23.9 Å². The average Bonchev–Trinajstić information content (AvgIpc) is 2.31. The number of fused-ring (bicyclic) bond motifs is 1. The van der Waals surface area contributed by atoms with Gasteiger partial charge in [0.25, 0.3) is 0 Å². The van der Waals surface area contributed by atoms with Gasteiger partial charge in [-0.3, -0.25) is 0 Å². The number of aryl methyl sites for hydroxylation is 2. The van der Waals surface area contributed by atoms with Gasteiger partial charge in [-0.05, 0) is 30.4 Å². The lowest BCUT2D eigenvalue weighted by molar-refractivity contribution is -0.652. The molecule has 1 aromatic heterocycles. The Bertz CT molecular complexity index is 535. The molecule has 1 aromatic carbocycles. The Morgan fingerprint density at radius 1 is 1.00 bits per heavy atom. The van der Waals surface area contributed by atoms with Crippen molar-refractivity contribution in [3.05, 3.63) is 42.1 Å². The number of aromatic nitrogens is 1. The molecule has 0 bridgehead atoms. The van der Waals surface area contributed by atoms with Crippen LogP contribution in [0.3, 0.4) is 0 Å². The summed E-state index contributed by atoms with van der Waals surface area (Å²) in [7, 11) is 2.18. The molecule has 0 fully saturated rings. The number of nitrogens with zero attached hydrogens (tertiary/aromatic N) is 1. The molecule has 1 nitrogen and oxygen atoms in total. The summed E-state index contributed by atoms with van der Waals surface area (Å²) in [6.07, 6.45) is 3.70. The van der Waals surface area contributed by atoms with Crippen LogP contribution in [0.25, 0.3) is 10.9 Å². The molecular formula is C17H24N+. The van der Waals surface area contributed by atoms with Gasteiger partial charge in [-0.25, -0.2) is 0 Å². The minimum absolute atomic E-state index is 0.440. The average molecular weight is 242 g/mol. The molecule has 0 amide bonds. The van der Waals surface area contributed by atoms with E-state index in [0.29, 0.717) is 5.41 Å². The van der Waals surface area contributed by atoms with Gasteiger partial charge in [0.05, 0.1) is 0 Å². The predicted octanol–water partition coefficient (Wildman–Crippen LogP) is 4.03. The fourth-order valence-electron chi connectivity index (χ4n) is 2.44. The molecule has 1 heterocycles. The molecule has 0 saturated carbocycles. The molecule has 0 aliphatic carbocycles. The number of benzene rings is 1. The molecule has 0 aliphatic heterocycles. The lowest BCUT2D eigenvalue weighted by Gasteiger charge is -2.17. The van der Waals surface area contributed by atoms with Crippen LogP contribution in [0, 0.1) is 5.41 Å². The number of para-hydroxylation sites is 1. The Labute approximate surface area is 110 Å². The highest BCUT2D eigenvalue weighted by molar-refractivity contribution is 5.75. The zero-order valence-electron chi connectivity index (χ0n) is 12.0. The van der Waals surface area contributed by atoms with E-state index < -0.39 is 0 Å². The molecule has 2 aromatic rings. The number of hydrogen-bond donors (Lipinski definition) is 0. The zero-order valence-corrected chi connectivity index (χ0v) is 12.0. The van der Waals surface area contributed by atoms with E-state index in [1.54, 1.807) is 0 Å². The summed E-state index contributed by atoms with van der Waals surface area (Å²) < 4.78 is 2.33. The Balaban J connectivity index is 2.17. The van der Waals surface area contributed by atoms with Crippen LogP contribution >= 0.6 is 0 Å². The van der Waals surface area contributed by atoms with Gasteiger partial charge in [0.2, 0.25) is 5.52 Å². The summed E-state index contributed by atoms with van der Waals surface area (Å²) in [5.41, 5.74) is 3.19. The van der Waals surface area contributed by atoms with Crippen molar-refractivity contribution >= 4 is 10.9 Å². The fourth-order valence-corrected chi connectivity index (χ4v) is 2.44. The molecule has 0 aliphatic rings. The zero-order chi connectivity index (χ0) is 13.2. The van der Waals surface area contributed by atoms with Gasteiger partial charge >= 0.3 is 0 Å². The van der Waals surface area contributed by atoms with Crippen molar-refractivity contribution < 1.29 is 4.57 Å². The van der Waals surface area contributed by atoms with E-state index in [-0.39, 0.29) is 0 Å². The maximum atomic E-state index is 2.33. The van der Waals surface area contributed by atoms with Gasteiger partial charge in [-0.15, -0.1) is 0 Å². The minimum Gasteiger partial charge on any atom is -0.198 e. The second-order valence-electron chi connectivity index (χ2n) is 6.36. The summed E-state index contributed by atoms with van der Waals surface area (Å²) in [6, 6.07) is 13.1. The monoisotopic (exact) mass is 242 g/mol. The third-order valence-corrected chi connectivity index (χ3v) is 3.54. The van der Waals surface area contributed by atoms with Crippen molar-refractivity contribution in [1.29, 1.82) is 0 Å². The van der Waals surface area contributed by atoms with Crippen LogP contribution in [0.2, 0.25) is 0 Å². The largest absolute Gasteiger partial charge is 0.212 e. The summed E-state index contributed by atoms with van der Waals surface area (Å²) in [4.78, 5) is 0. The third kappa shape index (κ3) is 3.10. The first-order valence-corrected chi connectivity index (χ1v) is 6.84. The maximum absolute atomic E-state index is 2.33. The van der Waals surface area contributed by atoms with Crippen LogP contribution in [0.5, 0.6) is 0 Å². The van der Waals surface area contributed by atoms with Crippen LogP contribution in [0.1, 0.15) is 39.3 Å². The van der Waals surface area contributed by atoms with E-state index in [4.69, 9.17) is 0 Å². The second kappa shape index (κ2) is 5.09. The van der Waals surface area contributed by atoms with E-state index >= 15 is 0 Å². The lowest BCUT2D eigenvalue weighted by atomic mass is 9.89. The van der Waals surface area contributed by atoms with E-state index in [1.165, 1.54) is 35.9 Å². The summed E-state index contributed by atoms with van der Waals surface area (Å²) >= 11 is 0. The molecule has 0 spiro atoms. The van der Waals surface area contributed by atoms with Crippen molar-refractivity contribution in [1.82, 2.24) is 0 Å². The number of rotatable bonds is 3. The molecule has 0 N–H and O–H groups in total. The molecule has 0 radical (unpaired) electrons. The van der Waals surface area contributed by atoms with Crippen molar-refractivity contribution in [2.45, 2.75) is 40.0 Å². The van der Waals surface area contributed by atoms with E-state index in [9.17, 15) is 0 Å². The topological polar surface area (TPSA) is 3.88 Å². The minimum atomic E-state index is 0.440. The highest BCUT2D eigenvalue weighted by Gasteiger charge is 2.14. The third-order valence-electron chi connectivity index (χ3n) is 3.54. The number of pyridine rings is 1. The van der Waals surface area contributed by atoms with E-state index in [0.717, 1.165) is 0 Å². The Morgan fingerprint density at radius 3 is 2.44 bits per heavy atom. The summed E-state index contributed by atoms with van der Waals surface area (Å²) in [5, 5.41) is 1.32. The molecular weight excluding hydrogens is 218 g/mol. The van der Waals surface area contributed by atoms with E-state index in [2.05, 4.69) is 68.8 Å². The van der Waals surface area contributed by atoms with Crippen molar-refractivity contribution in [3.8, 4) is 0 Å². The van der Waals surface area contributed by atoms with Crippen molar-refractivity contribution in [2.24, 2.45) is 12.5 Å². The van der Waals surface area contributed by atoms with Gasteiger partial charge in [-0.2, -0.15) is 4.57 Å². The fraction of sp³-hybridized carbons (Fsp3) is 0.471. The SMILES string of the molecule is C[n+]1c(CCCC(C)(C)C)ccc2ccccc21. The molecule has 1 heteroatoms. The molecule has 96 valence electrons. The molecule has 0 atom stereocenters. The van der Waals surface area contributed by atoms with Crippen LogP contribution in [0.15, 0.2) is 36.4 Å². The van der Waals surface area contributed by atoms with Gasteiger partial charge in [0.1, 0.15) is 7.05 Å². The molecule has 2 rings (SSSR count). The van der Waals surface area contributed by atoms with Gasteiger partial charge < -0.3 is 0 Å². The first kappa shape index (κ1) is 13.1. The first-order chi connectivity index (χ1) is 8.47. The Hall–Kier alpha value is -1.37. The summed E-state index contributed by atoms with van der Waals surface area (Å²) in [5.74, 6) is 0. The van der Waals surface area contributed by atoms with Gasteiger partial charge in [-0.1, -0.05) is 32.9 Å². The highest BCUT2D eigenvalue weighted by atomic mass is 14.9. The van der Waals surface area contributed by atoms with Crippen LogP contribution in [-0.2, 0) is 13.5 Å². The predicted molar refractivity (Wildman–Crippen MR) is 77.5 cm³/mol. The highest BCUT2D eigenvalue weighted by Crippen LogP contribution is 2.21. The Morgan fingerprint density at radius 2 is 1.72 bits per heavy atom. The summed E-state index contributed by atoms with van der Waals surface area (Å²) in [6.45, 7) is 6.94. The maximum Gasteiger partial charge on any atom is 0.212 e. The van der Waals surface area contributed by atoms with Crippen LogP contribution < -0.4 is 4.57 Å². The second-order valence-corrected chi connectivity index (χ2v) is 6.36. The standard InChI is InChI=1S/C17H24N/c1-17(2,3)13-7-9-15-12-11-14-8-5-6-10-16(14)18(15)4/h5-6,8,10-12H,7,9,13H2,1-4H3/q+1. The van der Waals surface area contributed by atoms with E-state index in [1.807, 2.05) is 0 Å². The quantitative estimate of drug-likeness (QED) is 0.715. The first-order valence-electron chi connectivity index (χ1n) is 6.84. The smallest absolute Gasteiger partial charge is 0.198 e. The van der Waals surface area contributed by atoms with Crippen LogP contribution in [0.4, 0.5) is 0 Å². The van der Waals surface area contributed by atoms with Gasteiger partial charge in [0.15, 0.2) is 5.69 Å².